The van der Waals surface area contributed by atoms with Gasteiger partial charge >= 0.3 is 88.7 Å². The second-order valence-electron chi connectivity index (χ2n) is 5.42. The van der Waals surface area contributed by atoms with Gasteiger partial charge in [-0.05, 0) is 54.2 Å². The molecule has 0 aromatic heterocycles. The molecule has 0 saturated heterocycles. The van der Waals surface area contributed by atoms with Crippen molar-refractivity contribution in [2.75, 3.05) is 0 Å². The summed E-state index contributed by atoms with van der Waals surface area (Å²) in [7, 11) is -14.3. The molecule has 0 amide bonds. The van der Waals surface area contributed by atoms with Crippen LogP contribution in [0.2, 0.25) is 0 Å². The molecule has 0 aliphatic rings. The van der Waals surface area contributed by atoms with Crippen molar-refractivity contribution in [3.05, 3.63) is 33.4 Å². The maximum absolute atomic E-state index is 11.1. The van der Waals surface area contributed by atoms with E-state index in [1.165, 1.54) is 20.8 Å². The summed E-state index contributed by atoms with van der Waals surface area (Å²) in [5.74, 6) is -3.03. The Morgan fingerprint density at radius 2 is 0.667 bits per heavy atom. The van der Waals surface area contributed by atoms with Gasteiger partial charge in [0.2, 0.25) is 0 Å². The van der Waals surface area contributed by atoms with E-state index >= 15 is 0 Å². The van der Waals surface area contributed by atoms with Gasteiger partial charge in [0.25, 0.3) is 0 Å². The Hall–Kier alpha value is 1.95. The molecule has 9 nitrogen and oxygen atoms in total. The summed E-state index contributed by atoms with van der Waals surface area (Å²) in [6, 6.07) is 0. The zero-order valence-corrected chi connectivity index (χ0v) is 24.5. The largest absolute Gasteiger partial charge is 1.00 e. The van der Waals surface area contributed by atoms with Crippen LogP contribution >= 0.6 is 0 Å². The average Bonchev–Trinajstić information content (AvgIpc) is 2.32. The van der Waals surface area contributed by atoms with E-state index in [0.717, 1.165) is 0 Å². The Morgan fingerprint density at radius 3 is 0.778 bits per heavy atom. The van der Waals surface area contributed by atoms with Gasteiger partial charge in [-0.25, -0.2) is 25.3 Å². The molecule has 0 atom stereocenters. The van der Waals surface area contributed by atoms with Gasteiger partial charge in [-0.3, -0.25) is 0 Å². The van der Waals surface area contributed by atoms with Crippen LogP contribution < -0.4 is 88.7 Å². The Labute approximate surface area is 226 Å². The number of benzene rings is 1. The minimum atomic E-state index is -4.76. The van der Waals surface area contributed by atoms with Gasteiger partial charge in [-0.2, -0.15) is 0 Å². The maximum Gasteiger partial charge on any atom is 1.00 e. The standard InChI is InChI=1S/C12H18O9S3.3Na/c1-7-10(4-22(13,14)15)8(2)12(6-24(19,20)21)9(3)11(7)5-23(16,17)18;;;/h4-6H2,1-3H3,(H,13,14,15)(H,16,17,18)(H,19,20,21);;;/q;3*+1/p-3. The molecule has 0 heterocycles. The van der Waals surface area contributed by atoms with Crippen LogP contribution in [0.3, 0.4) is 0 Å². The van der Waals surface area contributed by atoms with Gasteiger partial charge in [0, 0.05) is 0 Å². The Kier molecular flexibility index (Phi) is 15.1. The van der Waals surface area contributed by atoms with E-state index in [4.69, 9.17) is 0 Å². The molecule has 0 unspecified atom stereocenters. The fraction of sp³-hybridized carbons (Fsp3) is 0.500. The first kappa shape index (κ1) is 33.6. The van der Waals surface area contributed by atoms with Crippen LogP contribution in [0.5, 0.6) is 0 Å². The molecule has 27 heavy (non-hydrogen) atoms. The first-order chi connectivity index (χ1) is 10.5. The molecule has 0 radical (unpaired) electrons. The summed E-state index contributed by atoms with van der Waals surface area (Å²) in [5, 5.41) is 0. The molecule has 0 fully saturated rings. The molecule has 15 heteroatoms. The van der Waals surface area contributed by atoms with Crippen molar-refractivity contribution in [2.45, 2.75) is 38.0 Å². The van der Waals surface area contributed by atoms with E-state index in [9.17, 15) is 38.9 Å². The molecule has 0 spiro atoms. The SMILES string of the molecule is Cc1c(CS(=O)(=O)[O-])c(C)c(CS(=O)(=O)[O-])c(C)c1CS(=O)(=O)[O-].[Na+].[Na+].[Na+]. The predicted octanol–water partition coefficient (Wildman–Crippen LogP) is -9.24. The number of rotatable bonds is 6. The molecule has 0 aliphatic carbocycles. The Morgan fingerprint density at radius 1 is 0.519 bits per heavy atom. The fourth-order valence-electron chi connectivity index (χ4n) is 2.57. The minimum Gasteiger partial charge on any atom is -0.748 e. The summed E-state index contributed by atoms with van der Waals surface area (Å²) in [4.78, 5) is 0. The number of hydrogen-bond acceptors (Lipinski definition) is 9. The van der Waals surface area contributed by atoms with Crippen LogP contribution in [-0.2, 0) is 47.6 Å². The summed E-state index contributed by atoms with van der Waals surface area (Å²) in [5.41, 5.74) is -0.0311. The zero-order chi connectivity index (χ0) is 19.1. The summed E-state index contributed by atoms with van der Waals surface area (Å²) < 4.78 is 99.6. The average molecular weight is 468 g/mol. The molecule has 1 aromatic carbocycles. The van der Waals surface area contributed by atoms with E-state index in [2.05, 4.69) is 0 Å². The van der Waals surface area contributed by atoms with Crippen LogP contribution in [0.4, 0.5) is 0 Å². The summed E-state index contributed by atoms with van der Waals surface area (Å²) >= 11 is 0. The zero-order valence-electron chi connectivity index (χ0n) is 16.0. The molecular formula is C12H15Na3O9S3. The quantitative estimate of drug-likeness (QED) is 0.290. The smallest absolute Gasteiger partial charge is 0.748 e. The van der Waals surface area contributed by atoms with Gasteiger partial charge in [0.05, 0.1) is 47.6 Å². The van der Waals surface area contributed by atoms with Crippen LogP contribution in [-0.4, -0.2) is 38.9 Å². The molecule has 0 N–H and O–H groups in total. The van der Waals surface area contributed by atoms with E-state index in [1.807, 2.05) is 0 Å². The molecule has 0 bridgehead atoms. The summed E-state index contributed by atoms with van der Waals surface area (Å²) in [6.45, 7) is 3.99. The van der Waals surface area contributed by atoms with Crippen molar-refractivity contribution in [2.24, 2.45) is 0 Å². The predicted molar refractivity (Wildman–Crippen MR) is 80.9 cm³/mol. The Bertz CT molecular complexity index is 835. The second kappa shape index (κ2) is 12.1. The third-order valence-corrected chi connectivity index (χ3v) is 5.61. The molecule has 138 valence electrons. The number of hydrogen-bond donors (Lipinski definition) is 0. The first-order valence-corrected chi connectivity index (χ1v) is 11.2. The minimum absolute atomic E-state index is 0. The van der Waals surface area contributed by atoms with Crippen LogP contribution in [0.1, 0.15) is 33.4 Å². The fourth-order valence-corrected chi connectivity index (χ4v) is 4.93. The van der Waals surface area contributed by atoms with Crippen molar-refractivity contribution in [1.82, 2.24) is 0 Å². The Balaban J connectivity index is -0.00000192. The van der Waals surface area contributed by atoms with Gasteiger partial charge in [-0.1, -0.05) is 0 Å². The van der Waals surface area contributed by atoms with Crippen molar-refractivity contribution in [3.8, 4) is 0 Å². The molecule has 0 saturated carbocycles. The maximum atomic E-state index is 11.1. The first-order valence-electron chi connectivity index (χ1n) is 6.43. The third kappa shape index (κ3) is 11.2. The van der Waals surface area contributed by atoms with Crippen molar-refractivity contribution < 1.29 is 128 Å². The van der Waals surface area contributed by atoms with E-state index < -0.39 is 47.6 Å². The third-order valence-electron chi connectivity index (χ3n) is 3.68. The van der Waals surface area contributed by atoms with Gasteiger partial charge < -0.3 is 13.7 Å². The van der Waals surface area contributed by atoms with Crippen LogP contribution in [0.15, 0.2) is 0 Å². The normalized spacial score (nSPS) is 11.8. The monoisotopic (exact) mass is 468 g/mol. The van der Waals surface area contributed by atoms with Crippen LogP contribution in [0, 0.1) is 20.8 Å². The van der Waals surface area contributed by atoms with E-state index in [1.54, 1.807) is 0 Å². The van der Waals surface area contributed by atoms with E-state index in [-0.39, 0.29) is 122 Å². The molecule has 0 aliphatic heterocycles. The van der Waals surface area contributed by atoms with E-state index in [0.29, 0.717) is 0 Å². The molecule has 1 aromatic rings. The van der Waals surface area contributed by atoms with Gasteiger partial charge in [0.1, 0.15) is 0 Å². The van der Waals surface area contributed by atoms with Gasteiger partial charge in [-0.15, -0.1) is 0 Å². The van der Waals surface area contributed by atoms with Crippen LogP contribution in [0.25, 0.3) is 0 Å². The van der Waals surface area contributed by atoms with Crippen molar-refractivity contribution in [1.29, 1.82) is 0 Å². The van der Waals surface area contributed by atoms with Gasteiger partial charge in [0.15, 0.2) is 0 Å². The molecular weight excluding hydrogens is 453 g/mol. The molecule has 1 rings (SSSR count). The van der Waals surface area contributed by atoms with Crippen molar-refractivity contribution >= 4 is 30.4 Å². The van der Waals surface area contributed by atoms with Crippen molar-refractivity contribution in [3.63, 3.8) is 0 Å². The second-order valence-corrected chi connectivity index (χ2v) is 9.63. The summed E-state index contributed by atoms with van der Waals surface area (Å²) in [6.07, 6.45) is 0. The topological polar surface area (TPSA) is 172 Å².